The van der Waals surface area contributed by atoms with E-state index in [0.29, 0.717) is 12.6 Å². The van der Waals surface area contributed by atoms with Gasteiger partial charge >= 0.3 is 0 Å². The molecule has 1 unspecified atom stereocenters. The molecule has 0 saturated heterocycles. The van der Waals surface area contributed by atoms with Gasteiger partial charge in [-0.3, -0.25) is 4.99 Å². The molecule has 1 saturated carbocycles. The normalized spacial score (nSPS) is 23.1. The first-order valence-electron chi connectivity index (χ1n) is 8.00. The minimum absolute atomic E-state index is 0.175. The van der Waals surface area contributed by atoms with Crippen LogP contribution in [0.3, 0.4) is 0 Å². The fourth-order valence-electron chi connectivity index (χ4n) is 3.30. The molecule has 1 aliphatic carbocycles. The van der Waals surface area contributed by atoms with E-state index in [4.69, 9.17) is 15.2 Å². The summed E-state index contributed by atoms with van der Waals surface area (Å²) in [5.41, 5.74) is 7.46. The van der Waals surface area contributed by atoms with Crippen LogP contribution in [-0.4, -0.2) is 32.8 Å². The number of fused-ring (bicyclic) bond motifs is 1. The van der Waals surface area contributed by atoms with Crippen molar-refractivity contribution < 1.29 is 9.47 Å². The van der Waals surface area contributed by atoms with Crippen molar-refractivity contribution in [1.29, 1.82) is 0 Å². The molecular weight excluding hydrogens is 278 g/mol. The molecule has 0 aromatic heterocycles. The van der Waals surface area contributed by atoms with Gasteiger partial charge in [0.25, 0.3) is 0 Å². The Morgan fingerprint density at radius 3 is 3.00 bits per heavy atom. The molecule has 1 aromatic carbocycles. The second-order valence-corrected chi connectivity index (χ2v) is 6.36. The second-order valence-electron chi connectivity index (χ2n) is 6.36. The summed E-state index contributed by atoms with van der Waals surface area (Å²) in [7, 11) is 1.75. The fourth-order valence-corrected chi connectivity index (χ4v) is 3.30. The molecule has 0 radical (unpaired) electrons. The van der Waals surface area contributed by atoms with Crippen LogP contribution in [0, 0.1) is 5.41 Å². The topological polar surface area (TPSA) is 68.9 Å². The van der Waals surface area contributed by atoms with Gasteiger partial charge in [0.05, 0.1) is 25.8 Å². The molecule has 22 heavy (non-hydrogen) atoms. The van der Waals surface area contributed by atoms with Gasteiger partial charge in [-0.25, -0.2) is 0 Å². The summed E-state index contributed by atoms with van der Waals surface area (Å²) in [4.78, 5) is 4.57. The minimum Gasteiger partial charge on any atom is -0.493 e. The van der Waals surface area contributed by atoms with Gasteiger partial charge in [-0.1, -0.05) is 24.6 Å². The Kier molecular flexibility index (Phi) is 4.52. The third kappa shape index (κ3) is 3.19. The second kappa shape index (κ2) is 6.57. The van der Waals surface area contributed by atoms with Gasteiger partial charge in [0.1, 0.15) is 5.75 Å². The quantitative estimate of drug-likeness (QED) is 0.646. The maximum absolute atomic E-state index is 6.10. The Morgan fingerprint density at radius 1 is 1.45 bits per heavy atom. The van der Waals surface area contributed by atoms with Crippen LogP contribution >= 0.6 is 0 Å². The van der Waals surface area contributed by atoms with E-state index in [-0.39, 0.29) is 11.5 Å². The van der Waals surface area contributed by atoms with E-state index in [2.05, 4.69) is 16.4 Å². The highest BCUT2D eigenvalue weighted by Crippen LogP contribution is 2.41. The number of guanidine groups is 1. The fraction of sp³-hybridized carbons (Fsp3) is 0.588. The van der Waals surface area contributed by atoms with Crippen LogP contribution in [0.2, 0.25) is 0 Å². The maximum Gasteiger partial charge on any atom is 0.189 e. The number of para-hydroxylation sites is 1. The molecule has 0 bridgehead atoms. The molecule has 5 nitrogen and oxygen atoms in total. The molecule has 1 aliphatic heterocycles. The number of nitrogens with two attached hydrogens (primary N) is 1. The number of rotatable bonds is 5. The largest absolute Gasteiger partial charge is 0.493 e. The average molecular weight is 303 g/mol. The van der Waals surface area contributed by atoms with Crippen LogP contribution in [0.5, 0.6) is 5.75 Å². The standard InChI is InChI=1S/C17H25N3O2/c1-21-12-17(8-4-9-17)11-19-16(18)20-14-7-10-22-15-6-3-2-5-13(14)15/h2-3,5-6,14H,4,7-12H2,1H3,(H3,18,19,20). The molecule has 1 aromatic rings. The van der Waals surface area contributed by atoms with Crippen molar-refractivity contribution in [2.45, 2.75) is 31.7 Å². The van der Waals surface area contributed by atoms with Crippen molar-refractivity contribution in [3.05, 3.63) is 29.8 Å². The summed E-state index contributed by atoms with van der Waals surface area (Å²) in [6, 6.07) is 8.27. The van der Waals surface area contributed by atoms with Gasteiger partial charge in [-0.2, -0.15) is 0 Å². The van der Waals surface area contributed by atoms with E-state index >= 15 is 0 Å². The summed E-state index contributed by atoms with van der Waals surface area (Å²) in [5, 5.41) is 3.34. The highest BCUT2D eigenvalue weighted by Gasteiger charge is 2.36. The van der Waals surface area contributed by atoms with Gasteiger partial charge in [0.15, 0.2) is 5.96 Å². The zero-order valence-corrected chi connectivity index (χ0v) is 13.2. The summed E-state index contributed by atoms with van der Waals surface area (Å²) in [6.07, 6.45) is 4.52. The lowest BCUT2D eigenvalue weighted by Crippen LogP contribution is -2.41. The number of aliphatic imine (C=N–C) groups is 1. The number of benzene rings is 1. The van der Waals surface area contributed by atoms with E-state index in [1.54, 1.807) is 7.11 Å². The van der Waals surface area contributed by atoms with E-state index in [0.717, 1.165) is 30.9 Å². The Balaban J connectivity index is 1.62. The Morgan fingerprint density at radius 2 is 2.27 bits per heavy atom. The van der Waals surface area contributed by atoms with Crippen LogP contribution in [0.15, 0.2) is 29.3 Å². The molecule has 0 spiro atoms. The average Bonchev–Trinajstić information content (AvgIpc) is 2.50. The van der Waals surface area contributed by atoms with Crippen LogP contribution < -0.4 is 15.8 Å². The predicted molar refractivity (Wildman–Crippen MR) is 87.1 cm³/mol. The van der Waals surface area contributed by atoms with Crippen molar-refractivity contribution in [2.24, 2.45) is 16.1 Å². The molecule has 0 amide bonds. The van der Waals surface area contributed by atoms with Gasteiger partial charge < -0.3 is 20.5 Å². The maximum atomic E-state index is 6.10. The van der Waals surface area contributed by atoms with E-state index in [1.807, 2.05) is 18.2 Å². The molecule has 1 fully saturated rings. The number of nitrogens with zero attached hydrogens (tertiary/aromatic N) is 1. The van der Waals surface area contributed by atoms with Gasteiger partial charge in [0, 0.05) is 24.5 Å². The highest BCUT2D eigenvalue weighted by atomic mass is 16.5. The van der Waals surface area contributed by atoms with Crippen LogP contribution in [-0.2, 0) is 4.74 Å². The molecule has 3 rings (SSSR count). The Bertz CT molecular complexity index is 540. The van der Waals surface area contributed by atoms with Crippen molar-refractivity contribution >= 4 is 5.96 Å². The lowest BCUT2D eigenvalue weighted by Gasteiger charge is -2.40. The monoisotopic (exact) mass is 303 g/mol. The van der Waals surface area contributed by atoms with E-state index in [9.17, 15) is 0 Å². The zero-order chi connectivity index (χ0) is 15.4. The minimum atomic E-state index is 0.175. The predicted octanol–water partition coefficient (Wildman–Crippen LogP) is 2.23. The smallest absolute Gasteiger partial charge is 0.189 e. The van der Waals surface area contributed by atoms with Crippen molar-refractivity contribution in [3.63, 3.8) is 0 Å². The number of nitrogens with one attached hydrogen (secondary N) is 1. The molecule has 2 aliphatic rings. The highest BCUT2D eigenvalue weighted by molar-refractivity contribution is 5.78. The lowest BCUT2D eigenvalue weighted by molar-refractivity contribution is 0.0252. The number of methoxy groups -OCH3 is 1. The van der Waals surface area contributed by atoms with Gasteiger partial charge in [0.2, 0.25) is 0 Å². The van der Waals surface area contributed by atoms with Crippen molar-refractivity contribution in [2.75, 3.05) is 26.9 Å². The first-order valence-corrected chi connectivity index (χ1v) is 8.00. The van der Waals surface area contributed by atoms with E-state index < -0.39 is 0 Å². The molecule has 3 N–H and O–H groups in total. The molecule has 1 heterocycles. The van der Waals surface area contributed by atoms with Crippen LogP contribution in [0.25, 0.3) is 0 Å². The summed E-state index contributed by atoms with van der Waals surface area (Å²) < 4.78 is 11.0. The number of hydrogen-bond acceptors (Lipinski definition) is 3. The Hall–Kier alpha value is -1.75. The summed E-state index contributed by atoms with van der Waals surface area (Å²) >= 11 is 0. The SMILES string of the molecule is COCC1(CN=C(N)NC2CCOc3ccccc32)CCC1. The van der Waals surface area contributed by atoms with Gasteiger partial charge in [-0.05, 0) is 18.9 Å². The first kappa shape index (κ1) is 15.2. The van der Waals surface area contributed by atoms with E-state index in [1.165, 1.54) is 19.3 Å². The Labute approximate surface area is 131 Å². The van der Waals surface area contributed by atoms with Crippen LogP contribution in [0.4, 0.5) is 0 Å². The van der Waals surface area contributed by atoms with Crippen LogP contribution in [0.1, 0.15) is 37.3 Å². The molecule has 1 atom stereocenters. The number of ether oxygens (including phenoxy) is 2. The van der Waals surface area contributed by atoms with Crippen molar-refractivity contribution in [3.8, 4) is 5.75 Å². The summed E-state index contributed by atoms with van der Waals surface area (Å²) in [6.45, 7) is 2.21. The molecule has 120 valence electrons. The first-order chi connectivity index (χ1) is 10.7. The van der Waals surface area contributed by atoms with Crippen molar-refractivity contribution in [1.82, 2.24) is 5.32 Å². The summed E-state index contributed by atoms with van der Waals surface area (Å²) in [5.74, 6) is 1.46. The molecular formula is C17H25N3O2. The van der Waals surface area contributed by atoms with Gasteiger partial charge in [-0.15, -0.1) is 0 Å². The molecule has 5 heteroatoms. The third-order valence-electron chi connectivity index (χ3n) is 4.73. The lowest BCUT2D eigenvalue weighted by atomic mass is 9.69. The third-order valence-corrected chi connectivity index (χ3v) is 4.73. The zero-order valence-electron chi connectivity index (χ0n) is 13.2. The number of hydrogen-bond donors (Lipinski definition) is 2.